The lowest BCUT2D eigenvalue weighted by Crippen LogP contribution is -2.37. The molecule has 0 N–H and O–H groups in total. The van der Waals surface area contributed by atoms with Gasteiger partial charge in [0, 0.05) is 13.2 Å². The van der Waals surface area contributed by atoms with Gasteiger partial charge >= 0.3 is 0 Å². The maximum Gasteiger partial charge on any atom is 0.205 e. The van der Waals surface area contributed by atoms with E-state index < -0.39 is 12.9 Å². The van der Waals surface area contributed by atoms with Crippen LogP contribution < -0.4 is 4.89 Å². The Morgan fingerprint density at radius 3 is 1.85 bits per heavy atom. The van der Waals surface area contributed by atoms with Crippen molar-refractivity contribution in [2.75, 3.05) is 19.4 Å². The highest BCUT2D eigenvalue weighted by atomic mass is 31.2. The molecule has 1 unspecified atom stereocenters. The highest BCUT2D eigenvalue weighted by Gasteiger charge is 2.36. The van der Waals surface area contributed by atoms with Gasteiger partial charge in [-0.25, -0.2) is 0 Å². The first-order chi connectivity index (χ1) is 5.93. The molecule has 0 aromatic carbocycles. The minimum Gasteiger partial charge on any atom is -0.796 e. The number of ether oxygens (including phenoxy) is 2. The molecule has 0 aliphatic heterocycles. The molecule has 0 radical (unpaired) electrons. The van der Waals surface area contributed by atoms with E-state index in [0.717, 1.165) is 0 Å². The molecule has 0 amide bonds. The van der Waals surface area contributed by atoms with Crippen LogP contribution in [0.4, 0.5) is 0 Å². The fourth-order valence-corrected chi connectivity index (χ4v) is 2.29. The van der Waals surface area contributed by atoms with Gasteiger partial charge in [-0.2, -0.15) is 0 Å². The van der Waals surface area contributed by atoms with Gasteiger partial charge in [-0.15, -0.1) is 0 Å². The summed E-state index contributed by atoms with van der Waals surface area (Å²) >= 11 is 0. The Hall–Kier alpha value is 0.110. The van der Waals surface area contributed by atoms with Crippen LogP contribution in [-0.2, 0) is 14.0 Å². The zero-order valence-electron chi connectivity index (χ0n) is 8.70. The summed E-state index contributed by atoms with van der Waals surface area (Å²) in [6.07, 6.45) is 0.0451. The summed E-state index contributed by atoms with van der Waals surface area (Å²) in [5.74, 6) is 0. The van der Waals surface area contributed by atoms with E-state index in [4.69, 9.17) is 9.47 Å². The fourth-order valence-electron chi connectivity index (χ4n) is 1.06. The molecule has 0 saturated heterocycles. The van der Waals surface area contributed by atoms with Crippen molar-refractivity contribution in [3.05, 3.63) is 0 Å². The normalized spacial score (nSPS) is 17.0. The molecule has 0 aromatic rings. The zero-order valence-corrected chi connectivity index (χ0v) is 9.60. The lowest BCUT2D eigenvalue weighted by atomic mass is 10.7. The van der Waals surface area contributed by atoms with Crippen LogP contribution >= 0.6 is 7.37 Å². The van der Waals surface area contributed by atoms with Crippen molar-refractivity contribution in [1.82, 2.24) is 0 Å². The van der Waals surface area contributed by atoms with Gasteiger partial charge in [0.25, 0.3) is 0 Å². The van der Waals surface area contributed by atoms with Crippen molar-refractivity contribution in [3.8, 4) is 0 Å². The van der Waals surface area contributed by atoms with Crippen molar-refractivity contribution in [3.63, 3.8) is 0 Å². The van der Waals surface area contributed by atoms with E-state index in [9.17, 15) is 9.46 Å². The molecule has 0 aliphatic rings. The van der Waals surface area contributed by atoms with Crippen molar-refractivity contribution in [2.45, 2.75) is 33.2 Å². The Kier molecular flexibility index (Phi) is 5.15. The summed E-state index contributed by atoms with van der Waals surface area (Å²) in [5.41, 5.74) is -1.45. The summed E-state index contributed by atoms with van der Waals surface area (Å²) in [6, 6.07) is 0. The minimum absolute atomic E-state index is 0.0451. The predicted molar refractivity (Wildman–Crippen MR) is 49.8 cm³/mol. The minimum atomic E-state index is -3.62. The summed E-state index contributed by atoms with van der Waals surface area (Å²) in [7, 11) is -3.62. The van der Waals surface area contributed by atoms with Crippen LogP contribution in [0.2, 0.25) is 0 Å². The topological polar surface area (TPSA) is 58.6 Å². The van der Waals surface area contributed by atoms with E-state index >= 15 is 0 Å². The van der Waals surface area contributed by atoms with Crippen LogP contribution in [0, 0.1) is 0 Å². The Bertz CT molecular complexity index is 187. The molecule has 0 rings (SSSR count). The van der Waals surface area contributed by atoms with E-state index in [1.807, 2.05) is 0 Å². The molecular weight excluding hydrogens is 191 g/mol. The summed E-state index contributed by atoms with van der Waals surface area (Å²) in [4.78, 5) is 11.6. The second-order valence-electron chi connectivity index (χ2n) is 2.75. The van der Waals surface area contributed by atoms with E-state index in [0.29, 0.717) is 13.2 Å². The molecule has 0 aromatic heterocycles. The van der Waals surface area contributed by atoms with Crippen molar-refractivity contribution in [2.24, 2.45) is 0 Å². The summed E-state index contributed by atoms with van der Waals surface area (Å²) in [5, 5.41) is 0. The van der Waals surface area contributed by atoms with E-state index in [2.05, 4.69) is 0 Å². The average Bonchev–Trinajstić information content (AvgIpc) is 2.05. The number of hydrogen-bond acceptors (Lipinski definition) is 4. The third-order valence-corrected chi connectivity index (χ3v) is 4.19. The fraction of sp³-hybridized carbons (Fsp3) is 1.00. The van der Waals surface area contributed by atoms with E-state index in [-0.39, 0.29) is 6.16 Å². The molecule has 4 nitrogen and oxygen atoms in total. The molecule has 0 saturated carbocycles. The smallest absolute Gasteiger partial charge is 0.205 e. The van der Waals surface area contributed by atoms with Crippen molar-refractivity contribution < 1.29 is 18.9 Å². The van der Waals surface area contributed by atoms with Gasteiger partial charge in [0.2, 0.25) is 5.53 Å². The predicted octanol–water partition coefficient (Wildman–Crippen LogP) is 1.39. The van der Waals surface area contributed by atoms with Crippen LogP contribution in [0.25, 0.3) is 0 Å². The highest BCUT2D eigenvalue weighted by molar-refractivity contribution is 7.57. The second kappa shape index (κ2) is 5.11. The van der Waals surface area contributed by atoms with Gasteiger partial charge in [-0.1, -0.05) is 6.92 Å². The van der Waals surface area contributed by atoms with Crippen LogP contribution in [0.15, 0.2) is 0 Å². The van der Waals surface area contributed by atoms with E-state index in [1.165, 1.54) is 6.92 Å². The first-order valence-electron chi connectivity index (χ1n) is 4.51. The quantitative estimate of drug-likeness (QED) is 0.490. The van der Waals surface area contributed by atoms with Crippen LogP contribution in [0.3, 0.4) is 0 Å². The standard InChI is InChI=1S/C8H19O4P/c1-5-11-8(4,12-6-2)13(9,10)7-3/h5-7H2,1-4H3,(H,9,10)/p-1. The van der Waals surface area contributed by atoms with Gasteiger partial charge in [-0.05, 0) is 26.9 Å². The zero-order chi connectivity index (χ0) is 10.5. The highest BCUT2D eigenvalue weighted by Crippen LogP contribution is 2.51. The second-order valence-corrected chi connectivity index (χ2v) is 5.55. The van der Waals surface area contributed by atoms with Crippen LogP contribution in [0.1, 0.15) is 27.7 Å². The molecule has 0 spiro atoms. The van der Waals surface area contributed by atoms with Crippen LogP contribution in [0.5, 0.6) is 0 Å². The molecule has 5 heteroatoms. The summed E-state index contributed by atoms with van der Waals surface area (Å²) < 4.78 is 21.8. The third kappa shape index (κ3) is 3.06. The van der Waals surface area contributed by atoms with Gasteiger partial charge < -0.3 is 18.9 Å². The first-order valence-corrected chi connectivity index (χ1v) is 6.32. The Morgan fingerprint density at radius 1 is 1.23 bits per heavy atom. The molecular formula is C8H18O4P-. The number of rotatable bonds is 6. The van der Waals surface area contributed by atoms with Crippen molar-refractivity contribution in [1.29, 1.82) is 0 Å². The number of hydrogen-bond donors (Lipinski definition) is 0. The van der Waals surface area contributed by atoms with E-state index in [1.54, 1.807) is 20.8 Å². The monoisotopic (exact) mass is 209 g/mol. The maximum absolute atomic E-state index is 11.6. The van der Waals surface area contributed by atoms with Gasteiger partial charge in [0.15, 0.2) is 0 Å². The molecule has 0 heterocycles. The Morgan fingerprint density at radius 2 is 1.62 bits per heavy atom. The lowest BCUT2D eigenvalue weighted by molar-refractivity contribution is -0.239. The molecule has 0 bridgehead atoms. The Balaban J connectivity index is 4.66. The Labute approximate surface area is 79.7 Å². The molecule has 13 heavy (non-hydrogen) atoms. The van der Waals surface area contributed by atoms with Crippen molar-refractivity contribution >= 4 is 7.37 Å². The van der Waals surface area contributed by atoms with Gasteiger partial charge in [0.05, 0.1) is 7.37 Å². The van der Waals surface area contributed by atoms with Gasteiger partial charge in [-0.3, -0.25) is 0 Å². The lowest BCUT2D eigenvalue weighted by Gasteiger charge is -2.40. The molecule has 1 atom stereocenters. The molecule has 0 fully saturated rings. The molecule has 80 valence electrons. The maximum atomic E-state index is 11.6. The largest absolute Gasteiger partial charge is 0.796 e. The average molecular weight is 209 g/mol. The SMILES string of the molecule is CCOC(C)(OCC)P(=O)([O-])CC. The molecule has 0 aliphatic carbocycles. The summed E-state index contributed by atoms with van der Waals surface area (Å²) in [6.45, 7) is 7.17. The third-order valence-electron chi connectivity index (χ3n) is 1.86. The first kappa shape index (κ1) is 13.1. The van der Waals surface area contributed by atoms with Crippen LogP contribution in [-0.4, -0.2) is 24.9 Å². The van der Waals surface area contributed by atoms with Gasteiger partial charge in [0.1, 0.15) is 0 Å².